The summed E-state index contributed by atoms with van der Waals surface area (Å²) in [4.78, 5) is 21.6. The average Bonchev–Trinajstić information content (AvgIpc) is 2.71. The molecule has 4 rings (SSSR count). The minimum atomic E-state index is -0.0391. The van der Waals surface area contributed by atoms with Crippen LogP contribution in [0.15, 0.2) is 54.6 Å². The van der Waals surface area contributed by atoms with Crippen LogP contribution < -0.4 is 0 Å². The molecule has 4 aromatic rings. The highest BCUT2D eigenvalue weighted by Crippen LogP contribution is 2.34. The summed E-state index contributed by atoms with van der Waals surface area (Å²) < 4.78 is 0. The summed E-state index contributed by atoms with van der Waals surface area (Å²) >= 11 is 0. The van der Waals surface area contributed by atoms with Gasteiger partial charge in [-0.25, -0.2) is 9.97 Å². The van der Waals surface area contributed by atoms with Crippen molar-refractivity contribution >= 4 is 27.6 Å². The lowest BCUT2D eigenvalue weighted by Gasteiger charge is -2.26. The summed E-state index contributed by atoms with van der Waals surface area (Å²) in [6, 6.07) is 18.8. The molecule has 158 valence electrons. The van der Waals surface area contributed by atoms with Crippen LogP contribution in [0.3, 0.4) is 0 Å². The fourth-order valence-electron chi connectivity index (χ4n) is 3.77. The maximum Gasteiger partial charge on any atom is 0.178 e. The summed E-state index contributed by atoms with van der Waals surface area (Å²) in [5.74, 6) is -0.0391. The van der Waals surface area contributed by atoms with Gasteiger partial charge in [-0.05, 0) is 46.2 Å². The van der Waals surface area contributed by atoms with E-state index in [2.05, 4.69) is 82.9 Å². The number of hydrogen-bond donors (Lipinski definition) is 0. The van der Waals surface area contributed by atoms with Gasteiger partial charge < -0.3 is 0 Å². The topological polar surface area (TPSA) is 42.9 Å². The number of benzene rings is 2. The standard InChI is InChI=1S/C28H30N2O/c1-17(31)23-12-10-18-8-9-19-11-13-24(30-26(19)25(18)29-23)20-14-21(27(2,3)4)16-22(15-20)28(5,6)7/h8-16H,1-7H3. The number of rotatable bonds is 2. The van der Waals surface area contributed by atoms with Crippen LogP contribution in [0.4, 0.5) is 0 Å². The lowest BCUT2D eigenvalue weighted by atomic mass is 9.79. The van der Waals surface area contributed by atoms with Gasteiger partial charge in [0.1, 0.15) is 5.69 Å². The number of Topliss-reactive ketones (excluding diaryl/α,β-unsaturated/α-hetero) is 1. The maximum atomic E-state index is 11.9. The second-order valence-electron chi connectivity index (χ2n) is 10.5. The monoisotopic (exact) mass is 410 g/mol. The quantitative estimate of drug-likeness (QED) is 0.258. The normalized spacial score (nSPS) is 12.5. The zero-order valence-corrected chi connectivity index (χ0v) is 19.5. The minimum Gasteiger partial charge on any atom is -0.293 e. The second kappa shape index (κ2) is 7.26. The van der Waals surface area contributed by atoms with Crippen LogP contribution >= 0.6 is 0 Å². The first-order chi connectivity index (χ1) is 14.4. The fourth-order valence-corrected chi connectivity index (χ4v) is 3.77. The molecule has 0 unspecified atom stereocenters. The Balaban J connectivity index is 1.99. The van der Waals surface area contributed by atoms with Gasteiger partial charge in [0.15, 0.2) is 5.78 Å². The Morgan fingerprint density at radius 2 is 1.16 bits per heavy atom. The van der Waals surface area contributed by atoms with Crippen LogP contribution in [0.2, 0.25) is 0 Å². The second-order valence-corrected chi connectivity index (χ2v) is 10.5. The third-order valence-electron chi connectivity index (χ3n) is 5.84. The van der Waals surface area contributed by atoms with Crippen LogP contribution in [0.25, 0.3) is 33.1 Å². The van der Waals surface area contributed by atoms with Gasteiger partial charge in [-0.15, -0.1) is 0 Å². The average molecular weight is 411 g/mol. The van der Waals surface area contributed by atoms with Crippen LogP contribution in [-0.2, 0) is 10.8 Å². The third-order valence-corrected chi connectivity index (χ3v) is 5.84. The van der Waals surface area contributed by atoms with Crippen LogP contribution in [0.5, 0.6) is 0 Å². The first-order valence-electron chi connectivity index (χ1n) is 10.8. The molecule has 2 aromatic heterocycles. The Hall–Kier alpha value is -3.07. The Morgan fingerprint density at radius 1 is 0.677 bits per heavy atom. The molecule has 3 nitrogen and oxygen atoms in total. The Labute approximate surface area is 184 Å². The summed E-state index contributed by atoms with van der Waals surface area (Å²) in [5, 5.41) is 2.01. The Morgan fingerprint density at radius 3 is 1.68 bits per heavy atom. The molecule has 0 radical (unpaired) electrons. The van der Waals surface area contributed by atoms with E-state index >= 15 is 0 Å². The SMILES string of the molecule is CC(=O)c1ccc2ccc3ccc(-c4cc(C(C)(C)C)cc(C(C)(C)C)c4)nc3c2n1. The van der Waals surface area contributed by atoms with Crippen molar-refractivity contribution in [3.05, 3.63) is 71.4 Å². The predicted octanol–water partition coefficient (Wildman–Crippen LogP) is 7.25. The molecule has 0 N–H and O–H groups in total. The van der Waals surface area contributed by atoms with Crippen molar-refractivity contribution in [3.63, 3.8) is 0 Å². The van der Waals surface area contributed by atoms with Crippen molar-refractivity contribution in [3.8, 4) is 11.3 Å². The number of carbonyl (C=O) groups is 1. The number of hydrogen-bond acceptors (Lipinski definition) is 3. The molecule has 31 heavy (non-hydrogen) atoms. The summed E-state index contributed by atoms with van der Waals surface area (Å²) in [7, 11) is 0. The van der Waals surface area contributed by atoms with Gasteiger partial charge >= 0.3 is 0 Å². The molecular weight excluding hydrogens is 380 g/mol. The minimum absolute atomic E-state index is 0.0391. The van der Waals surface area contributed by atoms with Gasteiger partial charge in [0.05, 0.1) is 16.7 Å². The number of carbonyl (C=O) groups excluding carboxylic acids is 1. The van der Waals surface area contributed by atoms with E-state index in [0.717, 1.165) is 33.1 Å². The molecular formula is C28H30N2O. The lowest BCUT2D eigenvalue weighted by molar-refractivity contribution is 0.101. The Kier molecular flexibility index (Phi) is 4.96. The number of pyridine rings is 2. The van der Waals surface area contributed by atoms with Crippen molar-refractivity contribution in [2.24, 2.45) is 0 Å². The van der Waals surface area contributed by atoms with Crippen molar-refractivity contribution in [1.29, 1.82) is 0 Å². The molecule has 0 bridgehead atoms. The predicted molar refractivity (Wildman–Crippen MR) is 130 cm³/mol. The molecule has 0 amide bonds. The number of nitrogens with zero attached hydrogens (tertiary/aromatic N) is 2. The van der Waals surface area contributed by atoms with Gasteiger partial charge in [-0.3, -0.25) is 4.79 Å². The molecule has 2 aromatic carbocycles. The molecule has 3 heteroatoms. The zero-order valence-electron chi connectivity index (χ0n) is 19.5. The molecule has 0 aliphatic rings. The molecule has 0 aliphatic heterocycles. The van der Waals surface area contributed by atoms with E-state index in [1.165, 1.54) is 11.1 Å². The van der Waals surface area contributed by atoms with Gasteiger partial charge in [0.25, 0.3) is 0 Å². The van der Waals surface area contributed by atoms with E-state index in [4.69, 9.17) is 4.98 Å². The van der Waals surface area contributed by atoms with E-state index in [1.54, 1.807) is 13.0 Å². The van der Waals surface area contributed by atoms with Crippen molar-refractivity contribution < 1.29 is 4.79 Å². The van der Waals surface area contributed by atoms with E-state index in [0.29, 0.717) is 5.69 Å². The first kappa shape index (κ1) is 21.2. The fraction of sp³-hybridized carbons (Fsp3) is 0.321. The Bertz CT molecular complexity index is 1290. The third kappa shape index (κ3) is 4.10. The highest BCUT2D eigenvalue weighted by molar-refractivity contribution is 6.05. The summed E-state index contributed by atoms with van der Waals surface area (Å²) in [5.41, 5.74) is 6.78. The van der Waals surface area contributed by atoms with Crippen molar-refractivity contribution in [2.75, 3.05) is 0 Å². The molecule has 0 saturated carbocycles. The van der Waals surface area contributed by atoms with Gasteiger partial charge in [-0.2, -0.15) is 0 Å². The summed E-state index contributed by atoms with van der Waals surface area (Å²) in [6.07, 6.45) is 0. The van der Waals surface area contributed by atoms with Gasteiger partial charge in [0, 0.05) is 23.3 Å². The zero-order chi connectivity index (χ0) is 22.6. The molecule has 0 fully saturated rings. The van der Waals surface area contributed by atoms with E-state index in [9.17, 15) is 4.79 Å². The maximum absolute atomic E-state index is 11.9. The molecule has 0 aliphatic carbocycles. The van der Waals surface area contributed by atoms with E-state index in [-0.39, 0.29) is 16.6 Å². The number of ketones is 1. The van der Waals surface area contributed by atoms with Gasteiger partial charge in [-0.1, -0.05) is 71.9 Å². The van der Waals surface area contributed by atoms with Crippen molar-refractivity contribution in [2.45, 2.75) is 59.3 Å². The first-order valence-corrected chi connectivity index (χ1v) is 10.8. The molecule has 0 atom stereocenters. The number of fused-ring (bicyclic) bond motifs is 3. The van der Waals surface area contributed by atoms with E-state index in [1.807, 2.05) is 12.1 Å². The molecule has 0 spiro atoms. The highest BCUT2D eigenvalue weighted by Gasteiger charge is 2.21. The largest absolute Gasteiger partial charge is 0.293 e. The van der Waals surface area contributed by atoms with Gasteiger partial charge in [0.2, 0.25) is 0 Å². The lowest BCUT2D eigenvalue weighted by Crippen LogP contribution is -2.16. The van der Waals surface area contributed by atoms with Crippen LogP contribution in [0.1, 0.15) is 70.1 Å². The van der Waals surface area contributed by atoms with Crippen molar-refractivity contribution in [1.82, 2.24) is 9.97 Å². The molecule has 0 saturated heterocycles. The summed E-state index contributed by atoms with van der Waals surface area (Å²) in [6.45, 7) is 15.0. The smallest absolute Gasteiger partial charge is 0.178 e. The van der Waals surface area contributed by atoms with Crippen LogP contribution in [-0.4, -0.2) is 15.8 Å². The van der Waals surface area contributed by atoms with E-state index < -0.39 is 0 Å². The van der Waals surface area contributed by atoms with Crippen LogP contribution in [0, 0.1) is 0 Å². The number of aromatic nitrogens is 2. The highest BCUT2D eigenvalue weighted by atomic mass is 16.1. The molecule has 2 heterocycles.